The molecule has 1 saturated carbocycles. The molecule has 4 atom stereocenters. The average molecular weight is 581 g/mol. The van der Waals surface area contributed by atoms with Gasteiger partial charge in [0.15, 0.2) is 18.2 Å². The van der Waals surface area contributed by atoms with Gasteiger partial charge in [0, 0.05) is 17.8 Å². The van der Waals surface area contributed by atoms with Crippen LogP contribution >= 0.6 is 0 Å². The SMILES string of the molecule is CC[Si](CC)(CC)OC1CC(O)C(CS(=O)(=O)c2ccccc2)C1C/C=C\CCCC12OCC(C)(CO1)CO2. The Morgan fingerprint density at radius 3 is 2.21 bits per heavy atom. The molecule has 3 saturated heterocycles. The molecule has 0 radical (unpaired) electrons. The van der Waals surface area contributed by atoms with Crippen LogP contribution in [0.5, 0.6) is 0 Å². The summed E-state index contributed by atoms with van der Waals surface area (Å²) in [7, 11) is -5.45. The van der Waals surface area contributed by atoms with Crippen LogP contribution in [-0.4, -0.2) is 65.6 Å². The molecule has 2 bridgehead atoms. The van der Waals surface area contributed by atoms with Gasteiger partial charge in [-0.1, -0.05) is 58.0 Å². The Hall–Kier alpha value is -1.07. The minimum absolute atomic E-state index is 0.0373. The quantitative estimate of drug-likeness (QED) is 0.171. The van der Waals surface area contributed by atoms with E-state index >= 15 is 0 Å². The molecule has 3 aliphatic heterocycles. The Kier molecular flexibility index (Phi) is 10.2. The Labute approximate surface area is 236 Å². The molecule has 0 amide bonds. The number of ether oxygens (including phenoxy) is 3. The summed E-state index contributed by atoms with van der Waals surface area (Å²) in [6.07, 6.45) is 7.05. The van der Waals surface area contributed by atoms with E-state index in [1.54, 1.807) is 24.3 Å². The number of aliphatic hydroxyl groups excluding tert-OH is 1. The van der Waals surface area contributed by atoms with Crippen LogP contribution in [0, 0.1) is 17.3 Å². The van der Waals surface area contributed by atoms with Gasteiger partial charge in [-0.15, -0.1) is 0 Å². The van der Waals surface area contributed by atoms with Crippen molar-refractivity contribution in [3.05, 3.63) is 42.5 Å². The fourth-order valence-electron chi connectivity index (χ4n) is 6.27. The lowest BCUT2D eigenvalue weighted by molar-refractivity contribution is -0.467. The number of rotatable bonds is 14. The van der Waals surface area contributed by atoms with Crippen LogP contribution in [0.4, 0.5) is 0 Å². The standard InChI is InChI=1S/C30H48O7SSi/c1-5-39(6-2,7-3)37-28-19-27(31)26(20-38(32,33)24-15-11-10-12-16-24)25(28)17-13-8-9-14-18-30-34-21-29(4,22-35-30)23-36-30/h8,10-13,15-16,25-28,31H,5-7,9,14,17-23H2,1-4H3/b13-8-. The third kappa shape index (κ3) is 7.23. The molecule has 0 spiro atoms. The molecule has 220 valence electrons. The third-order valence-electron chi connectivity index (χ3n) is 9.19. The molecule has 5 rings (SSSR count). The average Bonchev–Trinajstić information content (AvgIpc) is 3.23. The lowest BCUT2D eigenvalue weighted by Crippen LogP contribution is -2.58. The van der Waals surface area contributed by atoms with Crippen molar-refractivity contribution in [3.63, 3.8) is 0 Å². The summed E-state index contributed by atoms with van der Waals surface area (Å²) in [5.74, 6) is -1.38. The second kappa shape index (κ2) is 12.8. The first kappa shape index (κ1) is 30.9. The number of benzene rings is 1. The zero-order valence-corrected chi connectivity index (χ0v) is 26.0. The predicted octanol–water partition coefficient (Wildman–Crippen LogP) is 5.70. The zero-order chi connectivity index (χ0) is 28.2. The van der Waals surface area contributed by atoms with E-state index in [1.807, 2.05) is 6.07 Å². The van der Waals surface area contributed by atoms with Crippen LogP contribution in [0.3, 0.4) is 0 Å². The predicted molar refractivity (Wildman–Crippen MR) is 154 cm³/mol. The van der Waals surface area contributed by atoms with Crippen molar-refractivity contribution in [2.75, 3.05) is 25.6 Å². The number of aliphatic hydroxyl groups is 1. The van der Waals surface area contributed by atoms with Gasteiger partial charge in [0.05, 0.1) is 42.7 Å². The molecule has 1 aromatic rings. The molecular formula is C30H48O7SSi. The van der Waals surface area contributed by atoms with Gasteiger partial charge in [-0.3, -0.25) is 0 Å². The van der Waals surface area contributed by atoms with E-state index < -0.39 is 30.2 Å². The van der Waals surface area contributed by atoms with E-state index in [0.717, 1.165) is 31.0 Å². The number of sulfone groups is 1. The van der Waals surface area contributed by atoms with Crippen LogP contribution in [-0.2, 0) is 28.5 Å². The van der Waals surface area contributed by atoms with Crippen LogP contribution < -0.4 is 0 Å². The summed E-state index contributed by atoms with van der Waals surface area (Å²) >= 11 is 0. The van der Waals surface area contributed by atoms with Crippen LogP contribution in [0.15, 0.2) is 47.4 Å². The van der Waals surface area contributed by atoms with Gasteiger partial charge in [0.2, 0.25) is 0 Å². The molecule has 0 aromatic heterocycles. The Bertz CT molecular complexity index is 1020. The lowest BCUT2D eigenvalue weighted by Gasteiger charge is -2.50. The maximum absolute atomic E-state index is 13.3. The minimum Gasteiger partial charge on any atom is -0.414 e. The first-order valence-corrected chi connectivity index (χ1v) is 19.0. The summed E-state index contributed by atoms with van der Waals surface area (Å²) in [5, 5.41) is 11.1. The first-order chi connectivity index (χ1) is 18.6. The molecule has 7 nitrogen and oxygen atoms in total. The highest BCUT2D eigenvalue weighted by Gasteiger charge is 2.50. The van der Waals surface area contributed by atoms with Crippen molar-refractivity contribution in [2.45, 2.75) is 101 Å². The minimum atomic E-state index is -3.53. The van der Waals surface area contributed by atoms with E-state index in [1.165, 1.54) is 0 Å². The van der Waals surface area contributed by atoms with Crippen molar-refractivity contribution < 1.29 is 32.2 Å². The summed E-state index contributed by atoms with van der Waals surface area (Å²) in [6, 6.07) is 11.6. The van der Waals surface area contributed by atoms with Gasteiger partial charge in [-0.25, -0.2) is 8.42 Å². The van der Waals surface area contributed by atoms with E-state index in [2.05, 4.69) is 39.8 Å². The maximum Gasteiger partial charge on any atom is 0.282 e. The smallest absolute Gasteiger partial charge is 0.282 e. The van der Waals surface area contributed by atoms with Crippen molar-refractivity contribution in [2.24, 2.45) is 17.3 Å². The first-order valence-electron chi connectivity index (χ1n) is 14.8. The van der Waals surface area contributed by atoms with E-state index in [4.69, 9.17) is 18.6 Å². The lowest BCUT2D eigenvalue weighted by atomic mass is 9.91. The van der Waals surface area contributed by atoms with Gasteiger partial charge in [0.1, 0.15) is 0 Å². The van der Waals surface area contributed by atoms with Crippen molar-refractivity contribution in [3.8, 4) is 0 Å². The second-order valence-electron chi connectivity index (χ2n) is 12.1. The number of allylic oxidation sites excluding steroid dienone is 2. The third-order valence-corrected chi connectivity index (χ3v) is 15.7. The van der Waals surface area contributed by atoms with Gasteiger partial charge in [-0.2, -0.15) is 0 Å². The fourth-order valence-corrected chi connectivity index (χ4v) is 10.9. The number of hydrogen-bond donors (Lipinski definition) is 1. The highest BCUT2D eigenvalue weighted by Crippen LogP contribution is 2.42. The highest BCUT2D eigenvalue weighted by molar-refractivity contribution is 7.91. The molecule has 1 aliphatic carbocycles. The molecule has 4 fully saturated rings. The van der Waals surface area contributed by atoms with Crippen molar-refractivity contribution in [1.29, 1.82) is 0 Å². The van der Waals surface area contributed by atoms with Crippen molar-refractivity contribution >= 4 is 18.2 Å². The second-order valence-corrected chi connectivity index (χ2v) is 18.8. The maximum atomic E-state index is 13.3. The van der Waals surface area contributed by atoms with Gasteiger partial charge in [0.25, 0.3) is 5.97 Å². The molecule has 1 N–H and O–H groups in total. The summed E-state index contributed by atoms with van der Waals surface area (Å²) in [6.45, 7) is 10.7. The number of hydrogen-bond acceptors (Lipinski definition) is 7. The highest BCUT2D eigenvalue weighted by atomic mass is 32.2. The topological polar surface area (TPSA) is 91.3 Å². The van der Waals surface area contributed by atoms with Crippen molar-refractivity contribution in [1.82, 2.24) is 0 Å². The van der Waals surface area contributed by atoms with Crippen LogP contribution in [0.25, 0.3) is 0 Å². The van der Waals surface area contributed by atoms with Gasteiger partial charge < -0.3 is 23.7 Å². The largest absolute Gasteiger partial charge is 0.414 e. The normalized spacial score (nSPS) is 33.3. The van der Waals surface area contributed by atoms with E-state index in [0.29, 0.717) is 44.0 Å². The summed E-state index contributed by atoms with van der Waals surface area (Å²) < 4.78 is 51.1. The van der Waals surface area contributed by atoms with Gasteiger partial charge >= 0.3 is 0 Å². The monoisotopic (exact) mass is 580 g/mol. The fraction of sp³-hybridized carbons (Fsp3) is 0.733. The molecular weight excluding hydrogens is 532 g/mol. The van der Waals surface area contributed by atoms with E-state index in [9.17, 15) is 13.5 Å². The Balaban J connectivity index is 1.41. The number of unbranched alkanes of at least 4 members (excludes halogenated alkanes) is 1. The van der Waals surface area contributed by atoms with E-state index in [-0.39, 0.29) is 29.1 Å². The van der Waals surface area contributed by atoms with Crippen LogP contribution in [0.2, 0.25) is 18.1 Å². The number of fused-ring (bicyclic) bond motifs is 3. The zero-order valence-electron chi connectivity index (χ0n) is 24.1. The Morgan fingerprint density at radius 1 is 1.00 bits per heavy atom. The molecule has 9 heteroatoms. The molecule has 4 aliphatic rings. The molecule has 39 heavy (non-hydrogen) atoms. The summed E-state index contributed by atoms with van der Waals surface area (Å²) in [5.41, 5.74) is -0.0373. The summed E-state index contributed by atoms with van der Waals surface area (Å²) in [4.78, 5) is 0.312. The van der Waals surface area contributed by atoms with Gasteiger partial charge in [-0.05, 0) is 61.9 Å². The molecule has 1 aromatic carbocycles. The Morgan fingerprint density at radius 2 is 1.62 bits per heavy atom. The van der Waals surface area contributed by atoms with Crippen LogP contribution in [0.1, 0.15) is 59.8 Å². The molecule has 4 unspecified atom stereocenters. The molecule has 3 heterocycles.